The van der Waals surface area contributed by atoms with Crippen molar-refractivity contribution in [1.82, 2.24) is 10.6 Å². The summed E-state index contributed by atoms with van der Waals surface area (Å²) >= 11 is 3.16. The molecule has 0 bridgehead atoms. The molecule has 0 aliphatic carbocycles. The molecule has 0 saturated heterocycles. The number of halogens is 2. The molecule has 0 aliphatic rings. The largest absolute Gasteiger partial charge is 0.359 e. The van der Waals surface area contributed by atoms with E-state index in [1.807, 2.05) is 0 Å². The molecule has 4 nitrogen and oxygen atoms in total. The van der Waals surface area contributed by atoms with Crippen LogP contribution in [0.3, 0.4) is 0 Å². The highest BCUT2D eigenvalue weighted by molar-refractivity contribution is 9.10. The minimum absolute atomic E-state index is 0.163. The van der Waals surface area contributed by atoms with Gasteiger partial charge in [0.05, 0.1) is 5.56 Å². The standard InChI is InChI=1S/C11H12BrFN2O2/c1-14-10(16)4-5-15-11(17)8-6-7(13)2-3-9(8)12/h2-3,6H,4-5H2,1H3,(H,14,16)(H,15,17). The predicted octanol–water partition coefficient (Wildman–Crippen LogP) is 1.45. The maximum absolute atomic E-state index is 12.9. The van der Waals surface area contributed by atoms with Gasteiger partial charge in [0, 0.05) is 24.5 Å². The molecule has 0 aromatic heterocycles. The van der Waals surface area contributed by atoms with Crippen LogP contribution in [-0.2, 0) is 4.79 Å². The summed E-state index contributed by atoms with van der Waals surface area (Å²) in [5, 5.41) is 4.98. The van der Waals surface area contributed by atoms with Gasteiger partial charge in [0.2, 0.25) is 5.91 Å². The highest BCUT2D eigenvalue weighted by Gasteiger charge is 2.10. The van der Waals surface area contributed by atoms with E-state index in [2.05, 4.69) is 26.6 Å². The maximum Gasteiger partial charge on any atom is 0.252 e. The van der Waals surface area contributed by atoms with E-state index in [0.717, 1.165) is 6.07 Å². The Bertz CT molecular complexity index is 437. The minimum atomic E-state index is -0.482. The van der Waals surface area contributed by atoms with Crippen molar-refractivity contribution in [3.8, 4) is 0 Å². The van der Waals surface area contributed by atoms with E-state index in [1.54, 1.807) is 0 Å². The van der Waals surface area contributed by atoms with E-state index >= 15 is 0 Å². The van der Waals surface area contributed by atoms with Gasteiger partial charge in [0.1, 0.15) is 5.82 Å². The quantitative estimate of drug-likeness (QED) is 0.884. The first-order valence-electron chi connectivity index (χ1n) is 4.98. The van der Waals surface area contributed by atoms with Crippen LogP contribution in [0.2, 0.25) is 0 Å². The molecule has 0 saturated carbocycles. The number of hydrogen-bond acceptors (Lipinski definition) is 2. The number of benzene rings is 1. The van der Waals surface area contributed by atoms with Gasteiger partial charge in [-0.25, -0.2) is 4.39 Å². The summed E-state index contributed by atoms with van der Waals surface area (Å²) in [6.45, 7) is 0.210. The van der Waals surface area contributed by atoms with E-state index in [4.69, 9.17) is 0 Å². The molecule has 0 atom stereocenters. The molecule has 0 heterocycles. The van der Waals surface area contributed by atoms with Crippen molar-refractivity contribution in [1.29, 1.82) is 0 Å². The number of rotatable bonds is 4. The van der Waals surface area contributed by atoms with Gasteiger partial charge in [-0.05, 0) is 34.1 Å². The highest BCUT2D eigenvalue weighted by Crippen LogP contribution is 2.17. The van der Waals surface area contributed by atoms with Crippen molar-refractivity contribution in [2.45, 2.75) is 6.42 Å². The molecule has 0 unspecified atom stereocenters. The van der Waals surface area contributed by atoms with Crippen molar-refractivity contribution in [3.05, 3.63) is 34.1 Å². The number of amides is 2. The summed E-state index contributed by atoms with van der Waals surface area (Å²) in [5.41, 5.74) is 0.210. The third kappa shape index (κ3) is 4.14. The SMILES string of the molecule is CNC(=O)CCNC(=O)c1cc(F)ccc1Br. The lowest BCUT2D eigenvalue weighted by Gasteiger charge is -2.06. The Hall–Kier alpha value is -1.43. The van der Waals surface area contributed by atoms with E-state index < -0.39 is 11.7 Å². The van der Waals surface area contributed by atoms with E-state index in [0.29, 0.717) is 4.47 Å². The molecule has 0 aliphatic heterocycles. The normalized spacial score (nSPS) is 9.82. The van der Waals surface area contributed by atoms with Crippen molar-refractivity contribution in [3.63, 3.8) is 0 Å². The zero-order valence-electron chi connectivity index (χ0n) is 9.22. The Kier molecular flexibility index (Phi) is 5.09. The summed E-state index contributed by atoms with van der Waals surface area (Å²) in [6.07, 6.45) is 0.190. The van der Waals surface area contributed by atoms with Gasteiger partial charge < -0.3 is 10.6 Å². The van der Waals surface area contributed by atoms with Crippen LogP contribution in [0.5, 0.6) is 0 Å². The van der Waals surface area contributed by atoms with Crippen molar-refractivity contribution in [2.24, 2.45) is 0 Å². The summed E-state index contributed by atoms with van der Waals surface area (Å²) in [4.78, 5) is 22.6. The molecule has 2 N–H and O–H groups in total. The molecule has 2 amide bonds. The van der Waals surface area contributed by atoms with Crippen LogP contribution in [0.4, 0.5) is 4.39 Å². The minimum Gasteiger partial charge on any atom is -0.359 e. The second kappa shape index (κ2) is 6.34. The Morgan fingerprint density at radius 1 is 1.41 bits per heavy atom. The second-order valence-corrected chi connectivity index (χ2v) is 4.16. The van der Waals surface area contributed by atoms with Gasteiger partial charge in [0.15, 0.2) is 0 Å². The summed E-state index contributed by atoms with van der Waals surface area (Å²) in [7, 11) is 1.52. The van der Waals surface area contributed by atoms with Gasteiger partial charge in [-0.1, -0.05) is 0 Å². The third-order valence-corrected chi connectivity index (χ3v) is 2.78. The number of carbonyl (C=O) groups is 2. The fourth-order valence-electron chi connectivity index (χ4n) is 1.18. The van der Waals surface area contributed by atoms with Crippen molar-refractivity contribution < 1.29 is 14.0 Å². The van der Waals surface area contributed by atoms with Crippen LogP contribution >= 0.6 is 15.9 Å². The first kappa shape index (κ1) is 13.6. The smallest absolute Gasteiger partial charge is 0.252 e. The number of nitrogens with one attached hydrogen (secondary N) is 2. The van der Waals surface area contributed by atoms with E-state index in [1.165, 1.54) is 19.2 Å². The molecule has 1 aromatic carbocycles. The van der Waals surface area contributed by atoms with Crippen LogP contribution in [-0.4, -0.2) is 25.4 Å². The van der Waals surface area contributed by atoms with Gasteiger partial charge in [-0.15, -0.1) is 0 Å². The fourth-order valence-corrected chi connectivity index (χ4v) is 1.61. The lowest BCUT2D eigenvalue weighted by Crippen LogP contribution is -2.29. The molecule has 92 valence electrons. The average Bonchev–Trinajstić information content (AvgIpc) is 2.31. The summed E-state index contributed by atoms with van der Waals surface area (Å²) in [5.74, 6) is -1.06. The van der Waals surface area contributed by atoms with Crippen molar-refractivity contribution in [2.75, 3.05) is 13.6 Å². The van der Waals surface area contributed by atoms with Gasteiger partial charge in [-0.3, -0.25) is 9.59 Å². The van der Waals surface area contributed by atoms with Gasteiger partial charge >= 0.3 is 0 Å². The monoisotopic (exact) mass is 302 g/mol. The maximum atomic E-state index is 12.9. The Morgan fingerprint density at radius 2 is 2.12 bits per heavy atom. The van der Waals surface area contributed by atoms with Crippen LogP contribution in [0.25, 0.3) is 0 Å². The van der Waals surface area contributed by atoms with E-state index in [9.17, 15) is 14.0 Å². The van der Waals surface area contributed by atoms with Crippen LogP contribution in [0, 0.1) is 5.82 Å². The average molecular weight is 303 g/mol. The fraction of sp³-hybridized carbons (Fsp3) is 0.273. The molecule has 0 fully saturated rings. The molecular formula is C11H12BrFN2O2. The Labute approximate surface area is 107 Å². The molecule has 17 heavy (non-hydrogen) atoms. The first-order valence-corrected chi connectivity index (χ1v) is 5.77. The highest BCUT2D eigenvalue weighted by atomic mass is 79.9. The molecule has 0 radical (unpaired) electrons. The van der Waals surface area contributed by atoms with Crippen molar-refractivity contribution >= 4 is 27.7 Å². The Morgan fingerprint density at radius 3 is 2.76 bits per heavy atom. The molecule has 1 aromatic rings. The van der Waals surface area contributed by atoms with E-state index in [-0.39, 0.29) is 24.4 Å². The van der Waals surface area contributed by atoms with Gasteiger partial charge in [-0.2, -0.15) is 0 Å². The third-order valence-electron chi connectivity index (χ3n) is 2.09. The van der Waals surface area contributed by atoms with Gasteiger partial charge in [0.25, 0.3) is 5.91 Å². The predicted molar refractivity (Wildman–Crippen MR) is 65.1 cm³/mol. The van der Waals surface area contributed by atoms with Crippen LogP contribution < -0.4 is 10.6 Å². The first-order chi connectivity index (χ1) is 8.04. The number of hydrogen-bond donors (Lipinski definition) is 2. The summed E-state index contributed by atoms with van der Waals surface area (Å²) < 4.78 is 13.5. The number of carbonyl (C=O) groups excluding carboxylic acids is 2. The van der Waals surface area contributed by atoms with Crippen LogP contribution in [0.15, 0.2) is 22.7 Å². The molecule has 6 heteroatoms. The topological polar surface area (TPSA) is 58.2 Å². The second-order valence-electron chi connectivity index (χ2n) is 3.30. The van der Waals surface area contributed by atoms with Crippen LogP contribution in [0.1, 0.15) is 16.8 Å². The summed E-state index contributed by atoms with van der Waals surface area (Å²) in [6, 6.07) is 3.85. The zero-order valence-corrected chi connectivity index (χ0v) is 10.8. The zero-order chi connectivity index (χ0) is 12.8. The molecule has 0 spiro atoms. The molecular weight excluding hydrogens is 291 g/mol. The molecule has 1 rings (SSSR count). The lowest BCUT2D eigenvalue weighted by molar-refractivity contribution is -0.120. The Balaban J connectivity index is 2.58. The lowest BCUT2D eigenvalue weighted by atomic mass is 10.2.